The lowest BCUT2D eigenvalue weighted by Crippen LogP contribution is -2.40. The van der Waals surface area contributed by atoms with Crippen LogP contribution in [0.5, 0.6) is 5.75 Å². The van der Waals surface area contributed by atoms with Gasteiger partial charge in [-0.25, -0.2) is 8.42 Å². The van der Waals surface area contributed by atoms with Gasteiger partial charge in [-0.1, -0.05) is 18.2 Å². The van der Waals surface area contributed by atoms with Gasteiger partial charge >= 0.3 is 6.18 Å². The Bertz CT molecular complexity index is 1580. The van der Waals surface area contributed by atoms with Crippen molar-refractivity contribution in [3.05, 3.63) is 76.7 Å². The first-order chi connectivity index (χ1) is 20.8. The summed E-state index contributed by atoms with van der Waals surface area (Å²) in [5, 5.41) is 3.11. The highest BCUT2D eigenvalue weighted by Gasteiger charge is 2.41. The van der Waals surface area contributed by atoms with Crippen LogP contribution in [0.2, 0.25) is 0 Å². The number of benzene rings is 2. The van der Waals surface area contributed by atoms with Gasteiger partial charge < -0.3 is 24.3 Å². The van der Waals surface area contributed by atoms with Crippen LogP contribution < -0.4 is 19.9 Å². The van der Waals surface area contributed by atoms with E-state index in [1.807, 2.05) is 36.1 Å². The number of carbonyl (C=O) groups excluding carboxylic acids is 1. The molecule has 0 bridgehead atoms. The van der Waals surface area contributed by atoms with Crippen molar-refractivity contribution in [3.63, 3.8) is 0 Å². The molecule has 1 atom stereocenters. The van der Waals surface area contributed by atoms with Crippen molar-refractivity contribution in [1.82, 2.24) is 5.32 Å². The van der Waals surface area contributed by atoms with E-state index in [0.717, 1.165) is 16.8 Å². The maximum absolute atomic E-state index is 13.5. The van der Waals surface area contributed by atoms with Gasteiger partial charge in [-0.15, -0.1) is 0 Å². The number of methoxy groups -OCH3 is 1. The average Bonchev–Trinajstić information content (AvgIpc) is 3.41. The minimum Gasteiger partial charge on any atom is -0.497 e. The summed E-state index contributed by atoms with van der Waals surface area (Å²) in [4.78, 5) is 17.5. The van der Waals surface area contributed by atoms with E-state index in [-0.39, 0.29) is 49.8 Å². The Labute approximate surface area is 256 Å². The second-order valence-electron chi connectivity index (χ2n) is 11.6. The number of aryl methyl sites for hydroxylation is 2. The largest absolute Gasteiger partial charge is 0.497 e. The normalized spacial score (nSPS) is 18.2. The van der Waals surface area contributed by atoms with Crippen molar-refractivity contribution in [2.24, 2.45) is 5.92 Å². The van der Waals surface area contributed by atoms with E-state index in [1.165, 1.54) is 7.11 Å². The number of hydrogen-bond acceptors (Lipinski definition) is 7. The molecule has 0 saturated carbocycles. The molecule has 0 radical (unpaired) electrons. The van der Waals surface area contributed by atoms with Gasteiger partial charge in [0.2, 0.25) is 5.91 Å². The number of carbonyl (C=O) groups is 1. The Morgan fingerprint density at radius 1 is 0.977 bits per heavy atom. The van der Waals surface area contributed by atoms with Gasteiger partial charge in [0.05, 0.1) is 31.0 Å². The summed E-state index contributed by atoms with van der Waals surface area (Å²) in [6, 6.07) is 14.0. The van der Waals surface area contributed by atoms with Crippen LogP contribution in [0.15, 0.2) is 52.9 Å². The van der Waals surface area contributed by atoms with E-state index in [0.29, 0.717) is 41.6 Å². The van der Waals surface area contributed by atoms with Crippen LogP contribution in [0.25, 0.3) is 0 Å². The zero-order chi connectivity index (χ0) is 31.6. The number of alkyl halides is 3. The molecule has 2 aliphatic heterocycles. The molecule has 1 N–H and O–H groups in total. The molecule has 1 unspecified atom stereocenters. The predicted molar refractivity (Wildman–Crippen MR) is 163 cm³/mol. The van der Waals surface area contributed by atoms with Crippen LogP contribution in [0.3, 0.4) is 0 Å². The molecule has 0 aliphatic carbocycles. The van der Waals surface area contributed by atoms with Crippen LogP contribution in [0.1, 0.15) is 47.1 Å². The van der Waals surface area contributed by atoms with Crippen molar-refractivity contribution in [2.75, 3.05) is 54.6 Å². The lowest BCUT2D eigenvalue weighted by Gasteiger charge is -2.36. The first-order valence-electron chi connectivity index (χ1n) is 14.7. The van der Waals surface area contributed by atoms with Crippen molar-refractivity contribution in [3.8, 4) is 5.75 Å². The predicted octanol–water partition coefficient (Wildman–Crippen LogP) is 5.37. The number of halogens is 3. The Morgan fingerprint density at radius 3 is 2.25 bits per heavy atom. The summed E-state index contributed by atoms with van der Waals surface area (Å²) < 4.78 is 75.3. The van der Waals surface area contributed by atoms with Gasteiger partial charge in [-0.3, -0.25) is 4.79 Å². The molecule has 3 heterocycles. The smallest absolute Gasteiger partial charge is 0.391 e. The van der Waals surface area contributed by atoms with Crippen LogP contribution in [0, 0.1) is 19.8 Å². The van der Waals surface area contributed by atoms with E-state index in [9.17, 15) is 26.4 Å². The molecule has 1 amide bonds. The highest BCUT2D eigenvalue weighted by Crippen LogP contribution is 2.39. The molecule has 238 valence electrons. The van der Waals surface area contributed by atoms with Gasteiger partial charge in [0.15, 0.2) is 9.84 Å². The number of ether oxygens (including phenoxy) is 1. The molecule has 2 saturated heterocycles. The molecule has 12 heteroatoms. The molecule has 8 nitrogen and oxygen atoms in total. The second-order valence-corrected chi connectivity index (χ2v) is 13.9. The maximum atomic E-state index is 13.5. The summed E-state index contributed by atoms with van der Waals surface area (Å²) in [5.74, 6) is 0.391. The van der Waals surface area contributed by atoms with E-state index in [1.54, 1.807) is 31.2 Å². The molecule has 3 aromatic rings. The Morgan fingerprint density at radius 2 is 1.66 bits per heavy atom. The van der Waals surface area contributed by atoms with Gasteiger partial charge in [0.25, 0.3) is 0 Å². The molecule has 1 aromatic heterocycles. The number of piperidine rings is 1. The van der Waals surface area contributed by atoms with E-state index >= 15 is 0 Å². The molecule has 0 spiro atoms. The third-order valence-electron chi connectivity index (χ3n) is 8.51. The van der Waals surface area contributed by atoms with Crippen LogP contribution >= 0.6 is 0 Å². The standard InChI is InChI=1S/C32H38F3N3O5S/c1-21-18-23(5-8-27(21)38-14-16-44(40,41)17-15-38)19-30(39)36-31(29-9-4-22(2)43-29)26-7-6-25(42-3)20-28(26)37-12-10-24(11-13-37)32(33,34)35/h4-9,18,20,24,31H,10-17,19H2,1-3H3,(H,36,39). The number of nitrogens with one attached hydrogen (secondary N) is 1. The SMILES string of the molecule is COc1ccc(C(NC(=O)Cc2ccc(N3CCS(=O)(=O)CC3)c(C)c2)c2ccc(C)o2)c(N2CCC(C(F)(F)F)CC2)c1. The van der Waals surface area contributed by atoms with Crippen molar-refractivity contribution < 1.29 is 35.5 Å². The third kappa shape index (κ3) is 7.34. The Balaban J connectivity index is 1.37. The Kier molecular flexibility index (Phi) is 9.20. The lowest BCUT2D eigenvalue weighted by molar-refractivity contribution is -0.179. The summed E-state index contributed by atoms with van der Waals surface area (Å²) in [6.45, 7) is 5.06. The number of amides is 1. The fourth-order valence-electron chi connectivity index (χ4n) is 6.06. The first-order valence-corrected chi connectivity index (χ1v) is 16.6. The average molecular weight is 634 g/mol. The molecule has 2 aliphatic rings. The minimum atomic E-state index is -4.23. The fraction of sp³-hybridized carbons (Fsp3) is 0.469. The van der Waals surface area contributed by atoms with Crippen LogP contribution in [-0.4, -0.2) is 65.3 Å². The molecular weight excluding hydrogens is 595 g/mol. The van der Waals surface area contributed by atoms with Gasteiger partial charge in [-0.2, -0.15) is 13.2 Å². The van der Waals surface area contributed by atoms with Crippen LogP contribution in [0.4, 0.5) is 24.5 Å². The van der Waals surface area contributed by atoms with Crippen molar-refractivity contribution in [1.29, 1.82) is 0 Å². The number of anilines is 2. The minimum absolute atomic E-state index is 0.0143. The number of furan rings is 1. The lowest BCUT2D eigenvalue weighted by atomic mass is 9.94. The molecular formula is C32H38F3N3O5S. The summed E-state index contributed by atoms with van der Waals surface area (Å²) >= 11 is 0. The zero-order valence-corrected chi connectivity index (χ0v) is 25.9. The van der Waals surface area contributed by atoms with Crippen molar-refractivity contribution >= 4 is 27.1 Å². The quantitative estimate of drug-likeness (QED) is 0.357. The highest BCUT2D eigenvalue weighted by atomic mass is 32.2. The van der Waals surface area contributed by atoms with Gasteiger partial charge in [-0.05, 0) is 62.1 Å². The fourth-order valence-corrected chi connectivity index (χ4v) is 7.26. The number of nitrogens with zero attached hydrogens (tertiary/aromatic N) is 2. The highest BCUT2D eigenvalue weighted by molar-refractivity contribution is 7.91. The molecule has 2 fully saturated rings. The second kappa shape index (κ2) is 12.7. The molecule has 44 heavy (non-hydrogen) atoms. The van der Waals surface area contributed by atoms with Crippen molar-refractivity contribution in [2.45, 2.75) is 45.3 Å². The van der Waals surface area contributed by atoms with Gasteiger partial charge in [0, 0.05) is 49.2 Å². The Hall–Kier alpha value is -3.67. The molecule has 5 rings (SSSR count). The molecule has 2 aromatic carbocycles. The summed E-state index contributed by atoms with van der Waals surface area (Å²) in [6.07, 6.45) is -4.16. The topological polar surface area (TPSA) is 92.1 Å². The van der Waals surface area contributed by atoms with E-state index in [2.05, 4.69) is 10.2 Å². The number of sulfone groups is 1. The van der Waals surface area contributed by atoms with Gasteiger partial charge in [0.1, 0.15) is 23.3 Å². The monoisotopic (exact) mass is 633 g/mol. The van der Waals surface area contributed by atoms with E-state index in [4.69, 9.17) is 9.15 Å². The number of hydrogen-bond donors (Lipinski definition) is 1. The summed E-state index contributed by atoms with van der Waals surface area (Å²) in [5.41, 5.74) is 4.09. The maximum Gasteiger partial charge on any atom is 0.391 e. The first kappa shape index (κ1) is 31.7. The summed E-state index contributed by atoms with van der Waals surface area (Å²) in [7, 11) is -1.46. The zero-order valence-electron chi connectivity index (χ0n) is 25.1. The van der Waals surface area contributed by atoms with Crippen LogP contribution in [-0.2, 0) is 21.1 Å². The van der Waals surface area contributed by atoms with E-state index < -0.39 is 28.0 Å². The third-order valence-corrected chi connectivity index (χ3v) is 10.1. The number of rotatable bonds is 8.